The van der Waals surface area contributed by atoms with Crippen molar-refractivity contribution in [3.05, 3.63) is 65.7 Å². The zero-order valence-electron chi connectivity index (χ0n) is 16.5. The van der Waals surface area contributed by atoms with Gasteiger partial charge in [0.1, 0.15) is 0 Å². The molecule has 1 aliphatic heterocycles. The Balaban J connectivity index is 1.40. The van der Waals surface area contributed by atoms with E-state index in [-0.39, 0.29) is 11.9 Å². The summed E-state index contributed by atoms with van der Waals surface area (Å²) in [6.07, 6.45) is 4.44. The summed E-state index contributed by atoms with van der Waals surface area (Å²) in [6, 6.07) is 18.1. The molecule has 0 bridgehead atoms. The normalized spacial score (nSPS) is 14.5. The van der Waals surface area contributed by atoms with Gasteiger partial charge in [-0.25, -0.2) is 4.79 Å². The van der Waals surface area contributed by atoms with Crippen LogP contribution in [-0.4, -0.2) is 29.9 Å². The molecule has 1 heterocycles. The number of nitrogens with zero attached hydrogens (tertiary/aromatic N) is 1. The second-order valence-corrected chi connectivity index (χ2v) is 7.49. The number of rotatable bonds is 6. The molecule has 148 valence electrons. The molecule has 5 nitrogen and oxygen atoms in total. The summed E-state index contributed by atoms with van der Waals surface area (Å²) in [5.41, 5.74) is 3.11. The van der Waals surface area contributed by atoms with Crippen molar-refractivity contribution >= 4 is 17.6 Å². The second kappa shape index (κ2) is 9.93. The van der Waals surface area contributed by atoms with E-state index in [4.69, 9.17) is 0 Å². The summed E-state index contributed by atoms with van der Waals surface area (Å²) < 4.78 is 0. The van der Waals surface area contributed by atoms with Gasteiger partial charge < -0.3 is 15.5 Å². The Bertz CT molecular complexity index is 783. The lowest BCUT2D eigenvalue weighted by molar-refractivity contribution is -0.114. The topological polar surface area (TPSA) is 61.4 Å². The number of likely N-dealkylation sites (tertiary alicyclic amines) is 1. The van der Waals surface area contributed by atoms with Gasteiger partial charge in [-0.05, 0) is 54.9 Å². The van der Waals surface area contributed by atoms with Crippen molar-refractivity contribution < 1.29 is 9.59 Å². The van der Waals surface area contributed by atoms with Crippen molar-refractivity contribution in [3.63, 3.8) is 0 Å². The monoisotopic (exact) mass is 379 g/mol. The first kappa shape index (κ1) is 19.9. The van der Waals surface area contributed by atoms with Gasteiger partial charge in [0.05, 0.1) is 0 Å². The fraction of sp³-hybridized carbons (Fsp3) is 0.391. The highest BCUT2D eigenvalue weighted by molar-refractivity contribution is 5.88. The number of hydrogen-bond donors (Lipinski definition) is 2. The first-order chi connectivity index (χ1) is 13.6. The van der Waals surface area contributed by atoms with Crippen LogP contribution in [0.3, 0.4) is 0 Å². The third-order valence-corrected chi connectivity index (χ3v) is 5.28. The number of nitrogens with one attached hydrogen (secondary N) is 2. The van der Waals surface area contributed by atoms with Gasteiger partial charge in [-0.15, -0.1) is 0 Å². The zero-order valence-corrected chi connectivity index (χ0v) is 16.5. The van der Waals surface area contributed by atoms with E-state index >= 15 is 0 Å². The van der Waals surface area contributed by atoms with Crippen LogP contribution < -0.4 is 10.6 Å². The molecule has 3 rings (SSSR count). The number of aryl methyl sites for hydroxylation is 1. The average molecular weight is 380 g/mol. The Labute approximate surface area is 167 Å². The van der Waals surface area contributed by atoms with Crippen molar-refractivity contribution in [2.24, 2.45) is 5.92 Å². The minimum Gasteiger partial charge on any atom is -0.334 e. The van der Waals surface area contributed by atoms with Crippen LogP contribution >= 0.6 is 0 Å². The quantitative estimate of drug-likeness (QED) is 0.790. The van der Waals surface area contributed by atoms with Crippen molar-refractivity contribution in [3.8, 4) is 0 Å². The van der Waals surface area contributed by atoms with E-state index in [9.17, 15) is 9.59 Å². The van der Waals surface area contributed by atoms with E-state index in [2.05, 4.69) is 41.0 Å². The third kappa shape index (κ3) is 6.12. The van der Waals surface area contributed by atoms with Crippen molar-refractivity contribution in [2.75, 3.05) is 18.4 Å². The molecule has 1 fully saturated rings. The molecular formula is C23H29N3O2. The maximum absolute atomic E-state index is 12.5. The predicted molar refractivity (Wildman–Crippen MR) is 112 cm³/mol. The summed E-state index contributed by atoms with van der Waals surface area (Å²) in [7, 11) is 0. The van der Waals surface area contributed by atoms with Crippen LogP contribution in [0.25, 0.3) is 0 Å². The van der Waals surface area contributed by atoms with E-state index in [1.807, 2.05) is 29.2 Å². The van der Waals surface area contributed by atoms with E-state index in [1.165, 1.54) is 18.9 Å². The number of benzene rings is 2. The van der Waals surface area contributed by atoms with Gasteiger partial charge in [-0.2, -0.15) is 0 Å². The smallest absolute Gasteiger partial charge is 0.317 e. The lowest BCUT2D eigenvalue weighted by Crippen LogP contribution is -2.44. The summed E-state index contributed by atoms with van der Waals surface area (Å²) >= 11 is 0. The van der Waals surface area contributed by atoms with Crippen LogP contribution in [-0.2, 0) is 17.8 Å². The largest absolute Gasteiger partial charge is 0.334 e. The lowest BCUT2D eigenvalue weighted by Gasteiger charge is -2.32. The van der Waals surface area contributed by atoms with Crippen LogP contribution in [0.15, 0.2) is 54.6 Å². The molecule has 0 saturated carbocycles. The lowest BCUT2D eigenvalue weighted by atomic mass is 9.90. The minimum atomic E-state index is -0.101. The maximum atomic E-state index is 12.5. The Morgan fingerprint density at radius 1 is 1.00 bits per heavy atom. The van der Waals surface area contributed by atoms with Crippen LogP contribution in [0.1, 0.15) is 37.3 Å². The molecule has 2 aromatic carbocycles. The molecule has 2 N–H and O–H groups in total. The van der Waals surface area contributed by atoms with Crippen LogP contribution in [0, 0.1) is 5.92 Å². The molecule has 3 amide bonds. The number of hydrogen-bond acceptors (Lipinski definition) is 2. The molecule has 0 atom stereocenters. The van der Waals surface area contributed by atoms with Gasteiger partial charge in [0.2, 0.25) is 5.91 Å². The van der Waals surface area contributed by atoms with Gasteiger partial charge in [0.25, 0.3) is 0 Å². The number of anilines is 1. The van der Waals surface area contributed by atoms with E-state index in [0.717, 1.165) is 43.6 Å². The van der Waals surface area contributed by atoms with Crippen molar-refractivity contribution in [2.45, 2.75) is 39.2 Å². The highest BCUT2D eigenvalue weighted by atomic mass is 16.2. The SMILES string of the molecule is CC(=O)Nc1cccc(CNC(=O)N2CCC(CCc3ccccc3)CC2)c1. The molecule has 2 aromatic rings. The van der Waals surface area contributed by atoms with E-state index in [0.29, 0.717) is 12.5 Å². The summed E-state index contributed by atoms with van der Waals surface area (Å²) in [4.78, 5) is 25.5. The molecule has 0 aromatic heterocycles. The van der Waals surface area contributed by atoms with Gasteiger partial charge in [-0.1, -0.05) is 42.5 Å². The minimum absolute atomic E-state index is 0.00793. The fourth-order valence-corrected chi connectivity index (χ4v) is 3.69. The highest BCUT2D eigenvalue weighted by Crippen LogP contribution is 2.22. The average Bonchev–Trinajstić information content (AvgIpc) is 2.71. The number of carbonyl (C=O) groups excluding carboxylic acids is 2. The van der Waals surface area contributed by atoms with E-state index < -0.39 is 0 Å². The number of carbonyl (C=O) groups is 2. The van der Waals surface area contributed by atoms with Crippen LogP contribution in [0.2, 0.25) is 0 Å². The Morgan fingerprint density at radius 3 is 2.43 bits per heavy atom. The molecule has 0 aliphatic carbocycles. The second-order valence-electron chi connectivity index (χ2n) is 7.49. The maximum Gasteiger partial charge on any atom is 0.317 e. The zero-order chi connectivity index (χ0) is 19.8. The third-order valence-electron chi connectivity index (χ3n) is 5.28. The van der Waals surface area contributed by atoms with Gasteiger partial charge >= 0.3 is 6.03 Å². The summed E-state index contributed by atoms with van der Waals surface area (Å²) in [5.74, 6) is 0.593. The Kier molecular flexibility index (Phi) is 7.06. The summed E-state index contributed by atoms with van der Waals surface area (Å²) in [6.45, 7) is 3.58. The molecule has 0 radical (unpaired) electrons. The van der Waals surface area contributed by atoms with Crippen molar-refractivity contribution in [1.82, 2.24) is 10.2 Å². The van der Waals surface area contributed by atoms with E-state index in [1.54, 1.807) is 0 Å². The number of urea groups is 1. The molecule has 1 saturated heterocycles. The molecule has 1 aliphatic rings. The first-order valence-corrected chi connectivity index (χ1v) is 10.0. The van der Waals surface area contributed by atoms with Gasteiger partial charge in [0.15, 0.2) is 0 Å². The molecule has 0 unspecified atom stereocenters. The predicted octanol–water partition coefficient (Wildman–Crippen LogP) is 4.20. The van der Waals surface area contributed by atoms with Crippen LogP contribution in [0.4, 0.5) is 10.5 Å². The molecular weight excluding hydrogens is 350 g/mol. The number of amides is 3. The fourth-order valence-electron chi connectivity index (χ4n) is 3.69. The molecule has 28 heavy (non-hydrogen) atoms. The molecule has 5 heteroatoms. The van der Waals surface area contributed by atoms with Gasteiger partial charge in [0, 0.05) is 32.2 Å². The summed E-state index contributed by atoms with van der Waals surface area (Å²) in [5, 5.41) is 5.76. The van der Waals surface area contributed by atoms with Gasteiger partial charge in [-0.3, -0.25) is 4.79 Å². The number of piperidine rings is 1. The molecule has 0 spiro atoms. The van der Waals surface area contributed by atoms with Crippen LogP contribution in [0.5, 0.6) is 0 Å². The van der Waals surface area contributed by atoms with Crippen molar-refractivity contribution in [1.29, 1.82) is 0 Å². The Hall–Kier alpha value is -2.82. The standard InChI is InChI=1S/C23H29N3O2/c1-18(27)25-22-9-5-8-21(16-22)17-24-23(28)26-14-12-20(13-15-26)11-10-19-6-3-2-4-7-19/h2-9,16,20H,10-15,17H2,1H3,(H,24,28)(H,25,27). The Morgan fingerprint density at radius 2 is 1.71 bits per heavy atom. The highest BCUT2D eigenvalue weighted by Gasteiger charge is 2.22. The first-order valence-electron chi connectivity index (χ1n) is 10.0.